The van der Waals surface area contributed by atoms with Crippen molar-refractivity contribution in [2.75, 3.05) is 6.61 Å². The molecule has 0 aliphatic heterocycles. The van der Waals surface area contributed by atoms with Crippen molar-refractivity contribution < 1.29 is 18.8 Å². The first-order chi connectivity index (χ1) is 7.06. The van der Waals surface area contributed by atoms with Crippen molar-refractivity contribution in [3.8, 4) is 11.8 Å². The van der Waals surface area contributed by atoms with Gasteiger partial charge in [-0.2, -0.15) is 8.78 Å². The van der Waals surface area contributed by atoms with Crippen LogP contribution < -0.4 is 0 Å². The maximum atomic E-state index is 13.0. The summed E-state index contributed by atoms with van der Waals surface area (Å²) in [4.78, 5) is 9.07. The van der Waals surface area contributed by atoms with Gasteiger partial charge in [0.1, 0.15) is 6.61 Å². The van der Waals surface area contributed by atoms with Crippen molar-refractivity contribution in [1.82, 2.24) is 0 Å². The van der Waals surface area contributed by atoms with Crippen molar-refractivity contribution in [2.24, 2.45) is 0 Å². The highest BCUT2D eigenvalue weighted by atomic mass is 19.1. The summed E-state index contributed by atoms with van der Waals surface area (Å²) in [5.74, 6) is 1.83. The average Bonchev–Trinajstić information content (AvgIpc) is 2.12. The third-order valence-corrected chi connectivity index (χ3v) is 1.51. The van der Waals surface area contributed by atoms with Gasteiger partial charge in [-0.15, -0.1) is 0 Å². The van der Waals surface area contributed by atoms with E-state index in [0.717, 1.165) is 12.1 Å². The first-order valence-electron chi connectivity index (χ1n) is 3.79. The van der Waals surface area contributed by atoms with E-state index in [1.54, 1.807) is 0 Å². The molecule has 78 valence electrons. The van der Waals surface area contributed by atoms with E-state index >= 15 is 0 Å². The molecule has 0 unspecified atom stereocenters. The van der Waals surface area contributed by atoms with Gasteiger partial charge in [-0.25, -0.2) is 0 Å². The zero-order valence-electron chi connectivity index (χ0n) is 7.33. The minimum Gasteiger partial charge on any atom is -0.384 e. The molecule has 1 N–H and O–H groups in total. The zero-order chi connectivity index (χ0) is 11.4. The second kappa shape index (κ2) is 4.48. The van der Waals surface area contributed by atoms with E-state index in [4.69, 9.17) is 5.11 Å². The Morgan fingerprint density at radius 3 is 2.33 bits per heavy atom. The summed E-state index contributed by atoms with van der Waals surface area (Å²) >= 11 is 0. The van der Waals surface area contributed by atoms with Gasteiger partial charge in [0.05, 0.1) is 4.92 Å². The third-order valence-electron chi connectivity index (χ3n) is 1.51. The Bertz CT molecular complexity index is 439. The largest absolute Gasteiger partial charge is 0.384 e. The Balaban J connectivity index is 3.25. The van der Waals surface area contributed by atoms with Gasteiger partial charge in [0.2, 0.25) is 11.6 Å². The van der Waals surface area contributed by atoms with Crippen LogP contribution in [0.4, 0.5) is 14.5 Å². The normalized spacial score (nSPS) is 9.27. The highest BCUT2D eigenvalue weighted by molar-refractivity contribution is 5.43. The molecule has 0 aromatic heterocycles. The van der Waals surface area contributed by atoms with Gasteiger partial charge >= 0.3 is 5.69 Å². The second-order valence-corrected chi connectivity index (χ2v) is 2.51. The van der Waals surface area contributed by atoms with Crippen LogP contribution >= 0.6 is 0 Å². The number of hydrogen-bond donors (Lipinski definition) is 1. The molecule has 1 rings (SSSR count). The number of hydrogen-bond acceptors (Lipinski definition) is 3. The average molecular weight is 213 g/mol. The van der Waals surface area contributed by atoms with Crippen LogP contribution in [-0.2, 0) is 0 Å². The maximum absolute atomic E-state index is 13.0. The second-order valence-electron chi connectivity index (χ2n) is 2.51. The van der Waals surface area contributed by atoms with Crippen LogP contribution in [0.3, 0.4) is 0 Å². The lowest BCUT2D eigenvalue weighted by atomic mass is 10.2. The van der Waals surface area contributed by atoms with Gasteiger partial charge in [0.25, 0.3) is 0 Å². The lowest BCUT2D eigenvalue weighted by Crippen LogP contribution is -1.97. The standard InChI is InChI=1S/C9H5F2NO3/c10-7-4-6(2-1-3-13)5-8(11)9(7)12(14)15/h4-5,13H,3H2. The molecule has 6 heteroatoms. The Morgan fingerprint density at radius 1 is 1.40 bits per heavy atom. The summed E-state index contributed by atoms with van der Waals surface area (Å²) in [6.45, 7) is -0.458. The summed E-state index contributed by atoms with van der Waals surface area (Å²) in [5.41, 5.74) is -1.27. The number of halogens is 2. The molecule has 0 bridgehead atoms. The van der Waals surface area contributed by atoms with Crippen molar-refractivity contribution in [3.05, 3.63) is 39.4 Å². The van der Waals surface area contributed by atoms with E-state index < -0.39 is 28.9 Å². The molecule has 0 amide bonds. The van der Waals surface area contributed by atoms with Crippen molar-refractivity contribution >= 4 is 5.69 Å². The predicted molar refractivity (Wildman–Crippen MR) is 47.0 cm³/mol. The first kappa shape index (κ1) is 11.1. The van der Waals surface area contributed by atoms with Crippen LogP contribution in [0.1, 0.15) is 5.56 Å². The molecular weight excluding hydrogens is 208 g/mol. The topological polar surface area (TPSA) is 63.4 Å². The quantitative estimate of drug-likeness (QED) is 0.433. The highest BCUT2D eigenvalue weighted by Gasteiger charge is 2.21. The van der Waals surface area contributed by atoms with E-state index in [9.17, 15) is 18.9 Å². The Labute approximate surface area is 83.3 Å². The minimum atomic E-state index is -1.29. The summed E-state index contributed by atoms with van der Waals surface area (Å²) in [7, 11) is 0. The number of nitro benzene ring substituents is 1. The number of nitrogens with zero attached hydrogens (tertiary/aromatic N) is 1. The Morgan fingerprint density at radius 2 is 1.93 bits per heavy atom. The lowest BCUT2D eigenvalue weighted by molar-refractivity contribution is -0.390. The molecule has 1 aromatic carbocycles. The fourth-order valence-electron chi connectivity index (χ4n) is 0.954. The molecular formula is C9H5F2NO3. The number of rotatable bonds is 1. The van der Waals surface area contributed by atoms with E-state index in [2.05, 4.69) is 11.8 Å². The number of aliphatic hydroxyl groups excluding tert-OH is 1. The van der Waals surface area contributed by atoms with Crippen molar-refractivity contribution in [3.63, 3.8) is 0 Å². The monoisotopic (exact) mass is 213 g/mol. The van der Waals surface area contributed by atoms with Crippen LogP contribution in [0.25, 0.3) is 0 Å². The molecule has 4 nitrogen and oxygen atoms in total. The van der Waals surface area contributed by atoms with Crippen molar-refractivity contribution in [1.29, 1.82) is 0 Å². The summed E-state index contributed by atoms with van der Waals surface area (Å²) in [6, 6.07) is 1.48. The van der Waals surface area contributed by atoms with Crippen LogP contribution in [0, 0.1) is 33.6 Å². The molecule has 0 saturated heterocycles. The van der Waals surface area contributed by atoms with Gasteiger partial charge in [0.15, 0.2) is 0 Å². The molecule has 15 heavy (non-hydrogen) atoms. The number of nitro groups is 1. The van der Waals surface area contributed by atoms with Gasteiger partial charge in [-0.3, -0.25) is 10.1 Å². The molecule has 0 aliphatic rings. The molecule has 1 aromatic rings. The van der Waals surface area contributed by atoms with Crippen LogP contribution in [-0.4, -0.2) is 16.6 Å². The van der Waals surface area contributed by atoms with Gasteiger partial charge in [-0.1, -0.05) is 11.8 Å². The molecule has 0 saturated carbocycles. The molecule has 0 aliphatic carbocycles. The van der Waals surface area contributed by atoms with Gasteiger partial charge < -0.3 is 5.11 Å². The molecule has 0 heterocycles. The fraction of sp³-hybridized carbons (Fsp3) is 0.111. The Kier molecular flexibility index (Phi) is 3.31. The minimum absolute atomic E-state index is 0.0651. The summed E-state index contributed by atoms with van der Waals surface area (Å²) < 4.78 is 26.0. The number of benzene rings is 1. The summed E-state index contributed by atoms with van der Waals surface area (Å²) in [6.07, 6.45) is 0. The van der Waals surface area contributed by atoms with E-state index in [1.807, 2.05) is 0 Å². The molecule has 0 atom stereocenters. The first-order valence-corrected chi connectivity index (χ1v) is 3.79. The van der Waals surface area contributed by atoms with Gasteiger partial charge in [-0.05, 0) is 12.1 Å². The smallest absolute Gasteiger partial charge is 0.340 e. The molecule has 0 fully saturated rings. The predicted octanol–water partition coefficient (Wildman–Crippen LogP) is 1.22. The highest BCUT2D eigenvalue weighted by Crippen LogP contribution is 2.22. The fourth-order valence-corrected chi connectivity index (χ4v) is 0.954. The van der Waals surface area contributed by atoms with Crippen LogP contribution in [0.5, 0.6) is 0 Å². The lowest BCUT2D eigenvalue weighted by Gasteiger charge is -1.96. The maximum Gasteiger partial charge on any atom is 0.340 e. The number of aliphatic hydroxyl groups is 1. The Hall–Kier alpha value is -2.00. The third kappa shape index (κ3) is 2.48. The molecule has 0 spiro atoms. The van der Waals surface area contributed by atoms with E-state index in [-0.39, 0.29) is 5.56 Å². The summed E-state index contributed by atoms with van der Waals surface area (Å²) in [5, 5.41) is 18.6. The van der Waals surface area contributed by atoms with Gasteiger partial charge in [0, 0.05) is 5.56 Å². The zero-order valence-corrected chi connectivity index (χ0v) is 7.33. The molecule has 0 radical (unpaired) electrons. The van der Waals surface area contributed by atoms with E-state index in [0.29, 0.717) is 0 Å². The van der Waals surface area contributed by atoms with E-state index in [1.165, 1.54) is 0 Å². The SMILES string of the molecule is O=[N+]([O-])c1c(F)cc(C#CCO)cc1F. The van der Waals surface area contributed by atoms with Crippen LogP contribution in [0.2, 0.25) is 0 Å². The van der Waals surface area contributed by atoms with Crippen molar-refractivity contribution in [2.45, 2.75) is 0 Å². The van der Waals surface area contributed by atoms with Crippen LogP contribution in [0.15, 0.2) is 12.1 Å².